The van der Waals surface area contributed by atoms with Crippen LogP contribution in [0.1, 0.15) is 40.7 Å². The lowest BCUT2D eigenvalue weighted by Crippen LogP contribution is -2.41. The first-order valence-electron chi connectivity index (χ1n) is 7.60. The van der Waals surface area contributed by atoms with Crippen molar-refractivity contribution in [2.24, 2.45) is 5.73 Å². The Morgan fingerprint density at radius 2 is 1.81 bits per heavy atom. The zero-order valence-corrected chi connectivity index (χ0v) is 13.1. The normalized spacial score (nSPS) is 21.0. The summed E-state index contributed by atoms with van der Waals surface area (Å²) in [5, 5.41) is 0. The lowest BCUT2D eigenvalue weighted by Gasteiger charge is -2.37. The van der Waals surface area contributed by atoms with E-state index in [4.69, 9.17) is 10.5 Å². The van der Waals surface area contributed by atoms with Crippen molar-refractivity contribution in [3.8, 4) is 5.75 Å². The van der Waals surface area contributed by atoms with Crippen LogP contribution in [0.3, 0.4) is 0 Å². The standard InChI is InChI=1S/C19H23NO/c1-13-10-11-17(18(21-3)14(13)2)19(20)12-6-8-15-7-4-5-9-16(15)19/h4-5,7,9-11H,6,8,12,20H2,1-3H3. The largest absolute Gasteiger partial charge is 0.496 e. The number of hydrogen-bond acceptors (Lipinski definition) is 2. The number of rotatable bonds is 2. The van der Waals surface area contributed by atoms with Gasteiger partial charge in [0.15, 0.2) is 0 Å². The molecule has 0 saturated carbocycles. The average Bonchev–Trinajstić information content (AvgIpc) is 2.50. The van der Waals surface area contributed by atoms with Gasteiger partial charge in [-0.05, 0) is 55.4 Å². The Morgan fingerprint density at radius 3 is 2.57 bits per heavy atom. The van der Waals surface area contributed by atoms with E-state index in [1.54, 1.807) is 7.11 Å². The number of hydrogen-bond donors (Lipinski definition) is 1. The molecule has 2 aromatic carbocycles. The summed E-state index contributed by atoms with van der Waals surface area (Å²) in [6, 6.07) is 12.8. The minimum Gasteiger partial charge on any atom is -0.496 e. The molecule has 110 valence electrons. The van der Waals surface area contributed by atoms with Crippen LogP contribution in [0.15, 0.2) is 36.4 Å². The maximum absolute atomic E-state index is 6.91. The van der Waals surface area contributed by atoms with E-state index in [1.807, 2.05) is 0 Å². The maximum Gasteiger partial charge on any atom is 0.127 e. The van der Waals surface area contributed by atoms with Crippen molar-refractivity contribution in [1.29, 1.82) is 0 Å². The van der Waals surface area contributed by atoms with Gasteiger partial charge in [-0.3, -0.25) is 0 Å². The zero-order chi connectivity index (χ0) is 15.0. The summed E-state index contributed by atoms with van der Waals surface area (Å²) >= 11 is 0. The molecule has 0 amide bonds. The average molecular weight is 281 g/mol. The Kier molecular flexibility index (Phi) is 3.50. The summed E-state index contributed by atoms with van der Waals surface area (Å²) in [4.78, 5) is 0. The zero-order valence-electron chi connectivity index (χ0n) is 13.1. The van der Waals surface area contributed by atoms with Crippen molar-refractivity contribution in [2.75, 3.05) is 7.11 Å². The van der Waals surface area contributed by atoms with Crippen molar-refractivity contribution in [3.05, 3.63) is 64.2 Å². The van der Waals surface area contributed by atoms with Gasteiger partial charge in [0, 0.05) is 5.56 Å². The topological polar surface area (TPSA) is 35.2 Å². The van der Waals surface area contributed by atoms with Gasteiger partial charge < -0.3 is 10.5 Å². The molecule has 2 aromatic rings. The van der Waals surface area contributed by atoms with Crippen molar-refractivity contribution in [3.63, 3.8) is 0 Å². The van der Waals surface area contributed by atoms with Crippen LogP contribution in [-0.2, 0) is 12.0 Å². The molecule has 0 heterocycles. The van der Waals surface area contributed by atoms with Crippen molar-refractivity contribution in [1.82, 2.24) is 0 Å². The highest BCUT2D eigenvalue weighted by molar-refractivity contribution is 5.54. The fraction of sp³-hybridized carbons (Fsp3) is 0.368. The molecule has 0 aliphatic heterocycles. The van der Waals surface area contributed by atoms with Crippen LogP contribution in [0.25, 0.3) is 0 Å². The summed E-state index contributed by atoms with van der Waals surface area (Å²) in [5.74, 6) is 0.939. The highest BCUT2D eigenvalue weighted by Crippen LogP contribution is 2.43. The summed E-state index contributed by atoms with van der Waals surface area (Å²) in [5.41, 5.74) is 12.6. The molecule has 3 rings (SSSR count). The first-order valence-corrected chi connectivity index (χ1v) is 7.60. The number of nitrogens with two attached hydrogens (primary N) is 1. The third-order valence-corrected chi connectivity index (χ3v) is 4.88. The summed E-state index contributed by atoms with van der Waals surface area (Å²) in [7, 11) is 1.74. The summed E-state index contributed by atoms with van der Waals surface area (Å²) in [6.45, 7) is 4.22. The highest BCUT2D eigenvalue weighted by Gasteiger charge is 2.36. The van der Waals surface area contributed by atoms with Crippen LogP contribution in [-0.4, -0.2) is 7.11 Å². The Morgan fingerprint density at radius 1 is 1.05 bits per heavy atom. The van der Waals surface area contributed by atoms with Crippen LogP contribution < -0.4 is 10.5 Å². The molecular formula is C19H23NO. The van der Waals surface area contributed by atoms with Gasteiger partial charge in [-0.2, -0.15) is 0 Å². The van der Waals surface area contributed by atoms with Crippen LogP contribution in [0.2, 0.25) is 0 Å². The molecule has 0 aromatic heterocycles. The quantitative estimate of drug-likeness (QED) is 0.907. The van der Waals surface area contributed by atoms with Crippen LogP contribution in [0, 0.1) is 13.8 Å². The van der Waals surface area contributed by atoms with E-state index in [9.17, 15) is 0 Å². The van der Waals surface area contributed by atoms with Gasteiger partial charge in [0.2, 0.25) is 0 Å². The molecule has 0 fully saturated rings. The van der Waals surface area contributed by atoms with Crippen molar-refractivity contribution >= 4 is 0 Å². The fourth-order valence-corrected chi connectivity index (χ4v) is 3.55. The third-order valence-electron chi connectivity index (χ3n) is 4.88. The van der Waals surface area contributed by atoms with E-state index in [0.717, 1.165) is 30.6 Å². The molecule has 21 heavy (non-hydrogen) atoms. The minimum absolute atomic E-state index is 0.446. The lowest BCUT2D eigenvalue weighted by molar-refractivity contribution is 0.375. The predicted octanol–water partition coefficient (Wildman–Crippen LogP) is 3.85. The molecular weight excluding hydrogens is 258 g/mol. The van der Waals surface area contributed by atoms with Gasteiger partial charge in [-0.1, -0.05) is 36.4 Å². The van der Waals surface area contributed by atoms with Gasteiger partial charge in [-0.15, -0.1) is 0 Å². The molecule has 1 aliphatic rings. The van der Waals surface area contributed by atoms with Gasteiger partial charge in [0.05, 0.1) is 12.6 Å². The van der Waals surface area contributed by atoms with Crippen LogP contribution in [0.4, 0.5) is 0 Å². The fourth-order valence-electron chi connectivity index (χ4n) is 3.55. The van der Waals surface area contributed by atoms with E-state index in [-0.39, 0.29) is 0 Å². The molecule has 0 saturated heterocycles. The second-order valence-electron chi connectivity index (χ2n) is 6.07. The Hall–Kier alpha value is -1.80. The van der Waals surface area contributed by atoms with Gasteiger partial charge in [0.25, 0.3) is 0 Å². The molecule has 1 unspecified atom stereocenters. The third kappa shape index (κ3) is 2.14. The first-order chi connectivity index (χ1) is 10.1. The van der Waals surface area contributed by atoms with Crippen molar-refractivity contribution in [2.45, 2.75) is 38.6 Å². The maximum atomic E-state index is 6.91. The Bertz CT molecular complexity index is 677. The molecule has 0 spiro atoms. The second kappa shape index (κ2) is 5.19. The Balaban J connectivity index is 2.24. The van der Waals surface area contributed by atoms with Crippen LogP contribution in [0.5, 0.6) is 5.75 Å². The van der Waals surface area contributed by atoms with E-state index in [0.29, 0.717) is 0 Å². The number of methoxy groups -OCH3 is 1. The van der Waals surface area contributed by atoms with Crippen molar-refractivity contribution < 1.29 is 4.74 Å². The Labute approximate surface area is 126 Å². The van der Waals surface area contributed by atoms with E-state index >= 15 is 0 Å². The minimum atomic E-state index is -0.446. The predicted molar refractivity (Wildman–Crippen MR) is 86.8 cm³/mol. The number of benzene rings is 2. The monoisotopic (exact) mass is 281 g/mol. The highest BCUT2D eigenvalue weighted by atomic mass is 16.5. The molecule has 1 atom stereocenters. The first kappa shape index (κ1) is 14.2. The molecule has 2 N–H and O–H groups in total. The molecule has 0 bridgehead atoms. The number of fused-ring (bicyclic) bond motifs is 1. The van der Waals surface area contributed by atoms with Crippen LogP contribution >= 0.6 is 0 Å². The smallest absolute Gasteiger partial charge is 0.127 e. The van der Waals surface area contributed by atoms with E-state index in [1.165, 1.54) is 22.3 Å². The summed E-state index contributed by atoms with van der Waals surface area (Å²) < 4.78 is 5.71. The SMILES string of the molecule is COc1c(C2(N)CCCc3ccccc32)ccc(C)c1C. The number of aryl methyl sites for hydroxylation is 2. The van der Waals surface area contributed by atoms with E-state index < -0.39 is 5.54 Å². The van der Waals surface area contributed by atoms with Gasteiger partial charge >= 0.3 is 0 Å². The molecule has 2 heteroatoms. The lowest BCUT2D eigenvalue weighted by atomic mass is 9.72. The second-order valence-corrected chi connectivity index (χ2v) is 6.07. The molecule has 2 nitrogen and oxygen atoms in total. The summed E-state index contributed by atoms with van der Waals surface area (Å²) in [6.07, 6.45) is 3.19. The number of ether oxygens (including phenoxy) is 1. The molecule has 1 aliphatic carbocycles. The van der Waals surface area contributed by atoms with Gasteiger partial charge in [0.1, 0.15) is 5.75 Å². The van der Waals surface area contributed by atoms with Gasteiger partial charge in [-0.25, -0.2) is 0 Å². The van der Waals surface area contributed by atoms with E-state index in [2.05, 4.69) is 50.2 Å². The molecule has 0 radical (unpaired) electrons.